The summed E-state index contributed by atoms with van der Waals surface area (Å²) in [6.07, 6.45) is 3.26. The highest BCUT2D eigenvalue weighted by atomic mass is 16.4. The molecule has 1 aromatic rings. The number of carboxylic acid groups (broad SMARTS) is 1. The Hall–Kier alpha value is -1.65. The van der Waals surface area contributed by atoms with E-state index in [4.69, 9.17) is 0 Å². The molecule has 1 heterocycles. The molecule has 2 atom stereocenters. The first kappa shape index (κ1) is 13.8. The van der Waals surface area contributed by atoms with Gasteiger partial charge in [-0.2, -0.15) is 0 Å². The average molecular weight is 263 g/mol. The third-order valence-corrected chi connectivity index (χ3v) is 3.74. The molecular formula is C14H21N3O2. The standard InChI is InChI=1S/C14H21N3O2/c1-9-5-4-6-14(8-9,12(18)19)17-13-15-10(2)7-11(3)16-13/h7,9H,4-6,8H2,1-3H3,(H,18,19)(H,15,16,17). The topological polar surface area (TPSA) is 75.1 Å². The molecule has 0 spiro atoms. The Labute approximate surface area is 113 Å². The van der Waals surface area contributed by atoms with E-state index < -0.39 is 11.5 Å². The molecule has 0 amide bonds. The van der Waals surface area contributed by atoms with Crippen molar-refractivity contribution >= 4 is 11.9 Å². The summed E-state index contributed by atoms with van der Waals surface area (Å²) < 4.78 is 0. The van der Waals surface area contributed by atoms with E-state index in [0.29, 0.717) is 24.7 Å². The van der Waals surface area contributed by atoms with E-state index in [1.165, 1.54) is 0 Å². The zero-order valence-corrected chi connectivity index (χ0v) is 11.7. The number of aromatic nitrogens is 2. The lowest BCUT2D eigenvalue weighted by Crippen LogP contribution is -2.50. The molecule has 0 radical (unpaired) electrons. The minimum absolute atomic E-state index is 0.406. The lowest BCUT2D eigenvalue weighted by Gasteiger charge is -2.37. The van der Waals surface area contributed by atoms with Gasteiger partial charge >= 0.3 is 5.97 Å². The molecule has 19 heavy (non-hydrogen) atoms. The Bertz CT molecular complexity index is 469. The molecule has 5 nitrogen and oxygen atoms in total. The summed E-state index contributed by atoms with van der Waals surface area (Å²) in [6.45, 7) is 5.87. The molecule has 2 N–H and O–H groups in total. The predicted molar refractivity (Wildman–Crippen MR) is 73.1 cm³/mol. The molecule has 104 valence electrons. The van der Waals surface area contributed by atoms with E-state index in [9.17, 15) is 9.90 Å². The van der Waals surface area contributed by atoms with Gasteiger partial charge in [-0.3, -0.25) is 0 Å². The van der Waals surface area contributed by atoms with Gasteiger partial charge in [0.25, 0.3) is 0 Å². The molecule has 1 aliphatic rings. The monoisotopic (exact) mass is 263 g/mol. The second kappa shape index (κ2) is 5.15. The fourth-order valence-corrected chi connectivity index (χ4v) is 2.91. The van der Waals surface area contributed by atoms with Crippen molar-refractivity contribution in [3.63, 3.8) is 0 Å². The first-order valence-corrected chi connectivity index (χ1v) is 6.75. The molecule has 0 aromatic carbocycles. The maximum atomic E-state index is 11.7. The zero-order chi connectivity index (χ0) is 14.0. The van der Waals surface area contributed by atoms with Crippen molar-refractivity contribution in [2.24, 2.45) is 5.92 Å². The van der Waals surface area contributed by atoms with Crippen LogP contribution in [0.3, 0.4) is 0 Å². The SMILES string of the molecule is Cc1cc(C)nc(NC2(C(=O)O)CCCC(C)C2)n1. The number of hydrogen-bond donors (Lipinski definition) is 2. The Morgan fingerprint density at radius 3 is 2.58 bits per heavy atom. The predicted octanol–water partition coefficient (Wildman–Crippen LogP) is 2.54. The Morgan fingerprint density at radius 2 is 2.05 bits per heavy atom. The number of anilines is 1. The average Bonchev–Trinajstić information content (AvgIpc) is 2.26. The van der Waals surface area contributed by atoms with Gasteiger partial charge in [-0.25, -0.2) is 14.8 Å². The van der Waals surface area contributed by atoms with Gasteiger partial charge in [-0.15, -0.1) is 0 Å². The van der Waals surface area contributed by atoms with Gasteiger partial charge in [0.15, 0.2) is 0 Å². The van der Waals surface area contributed by atoms with E-state index in [-0.39, 0.29) is 0 Å². The first-order chi connectivity index (χ1) is 8.91. The number of carboxylic acids is 1. The molecule has 1 saturated carbocycles. The summed E-state index contributed by atoms with van der Waals surface area (Å²) in [5.41, 5.74) is 0.775. The summed E-state index contributed by atoms with van der Waals surface area (Å²) in [7, 11) is 0. The van der Waals surface area contributed by atoms with Gasteiger partial charge in [-0.05, 0) is 38.7 Å². The van der Waals surface area contributed by atoms with Crippen LogP contribution in [-0.4, -0.2) is 26.6 Å². The van der Waals surface area contributed by atoms with Crippen LogP contribution in [0.2, 0.25) is 0 Å². The van der Waals surface area contributed by atoms with Crippen molar-refractivity contribution in [2.75, 3.05) is 5.32 Å². The summed E-state index contributed by atoms with van der Waals surface area (Å²) >= 11 is 0. The van der Waals surface area contributed by atoms with Gasteiger partial charge in [0.05, 0.1) is 0 Å². The van der Waals surface area contributed by atoms with Crippen LogP contribution in [0.25, 0.3) is 0 Å². The van der Waals surface area contributed by atoms with Gasteiger partial charge in [-0.1, -0.05) is 19.8 Å². The highest BCUT2D eigenvalue weighted by Gasteiger charge is 2.42. The van der Waals surface area contributed by atoms with Gasteiger partial charge in [0.1, 0.15) is 5.54 Å². The van der Waals surface area contributed by atoms with Gasteiger partial charge in [0.2, 0.25) is 5.95 Å². The molecule has 0 saturated heterocycles. The molecule has 1 aromatic heterocycles. The van der Waals surface area contributed by atoms with E-state index in [1.54, 1.807) is 0 Å². The zero-order valence-electron chi connectivity index (χ0n) is 11.7. The van der Waals surface area contributed by atoms with Gasteiger partial charge < -0.3 is 10.4 Å². The van der Waals surface area contributed by atoms with E-state index >= 15 is 0 Å². The van der Waals surface area contributed by atoms with Crippen molar-refractivity contribution in [3.8, 4) is 0 Å². The third kappa shape index (κ3) is 3.03. The number of nitrogens with one attached hydrogen (secondary N) is 1. The fraction of sp³-hybridized carbons (Fsp3) is 0.643. The maximum Gasteiger partial charge on any atom is 0.329 e. The van der Waals surface area contributed by atoms with Crippen LogP contribution in [0, 0.1) is 19.8 Å². The lowest BCUT2D eigenvalue weighted by molar-refractivity contribution is -0.144. The summed E-state index contributed by atoms with van der Waals surface area (Å²) in [5.74, 6) is 0.0269. The van der Waals surface area contributed by atoms with Gasteiger partial charge in [0, 0.05) is 11.4 Å². The second-order valence-corrected chi connectivity index (χ2v) is 5.69. The minimum atomic E-state index is -0.919. The smallest absolute Gasteiger partial charge is 0.329 e. The Balaban J connectivity index is 2.28. The highest BCUT2D eigenvalue weighted by Crippen LogP contribution is 2.34. The van der Waals surface area contributed by atoms with Crippen molar-refractivity contribution in [3.05, 3.63) is 17.5 Å². The highest BCUT2D eigenvalue weighted by molar-refractivity contribution is 5.82. The van der Waals surface area contributed by atoms with Crippen molar-refractivity contribution < 1.29 is 9.90 Å². The summed E-state index contributed by atoms with van der Waals surface area (Å²) in [4.78, 5) is 20.3. The number of hydrogen-bond acceptors (Lipinski definition) is 4. The Morgan fingerprint density at radius 1 is 1.42 bits per heavy atom. The van der Waals surface area contributed by atoms with Crippen molar-refractivity contribution in [1.82, 2.24) is 9.97 Å². The van der Waals surface area contributed by atoms with Crippen molar-refractivity contribution in [2.45, 2.75) is 52.0 Å². The third-order valence-electron chi connectivity index (χ3n) is 3.74. The quantitative estimate of drug-likeness (QED) is 0.876. The number of nitrogens with zero attached hydrogens (tertiary/aromatic N) is 2. The van der Waals surface area contributed by atoms with Crippen LogP contribution in [-0.2, 0) is 4.79 Å². The largest absolute Gasteiger partial charge is 0.480 e. The summed E-state index contributed by atoms with van der Waals surface area (Å²) in [6, 6.07) is 1.88. The van der Waals surface area contributed by atoms with Crippen LogP contribution >= 0.6 is 0 Å². The molecule has 0 bridgehead atoms. The number of aryl methyl sites for hydroxylation is 2. The maximum absolute atomic E-state index is 11.7. The minimum Gasteiger partial charge on any atom is -0.480 e. The van der Waals surface area contributed by atoms with Crippen LogP contribution < -0.4 is 5.32 Å². The van der Waals surface area contributed by atoms with E-state index in [2.05, 4.69) is 22.2 Å². The molecule has 1 aliphatic carbocycles. The summed E-state index contributed by atoms with van der Waals surface area (Å²) in [5, 5.41) is 12.7. The molecule has 5 heteroatoms. The normalized spacial score (nSPS) is 27.0. The van der Waals surface area contributed by atoms with E-state index in [0.717, 1.165) is 24.2 Å². The molecule has 2 rings (SSSR count). The Kier molecular flexibility index (Phi) is 3.73. The van der Waals surface area contributed by atoms with Crippen LogP contribution in [0.15, 0.2) is 6.07 Å². The molecular weight excluding hydrogens is 242 g/mol. The number of rotatable bonds is 3. The first-order valence-electron chi connectivity index (χ1n) is 6.75. The van der Waals surface area contributed by atoms with Crippen LogP contribution in [0.4, 0.5) is 5.95 Å². The molecule has 0 aliphatic heterocycles. The number of carbonyl (C=O) groups is 1. The van der Waals surface area contributed by atoms with E-state index in [1.807, 2.05) is 19.9 Å². The van der Waals surface area contributed by atoms with Crippen LogP contribution in [0.1, 0.15) is 44.0 Å². The molecule has 1 fully saturated rings. The second-order valence-electron chi connectivity index (χ2n) is 5.69. The van der Waals surface area contributed by atoms with Crippen molar-refractivity contribution in [1.29, 1.82) is 0 Å². The fourth-order valence-electron chi connectivity index (χ4n) is 2.91. The number of aliphatic carboxylic acids is 1. The lowest BCUT2D eigenvalue weighted by atomic mass is 9.76. The molecule has 2 unspecified atom stereocenters. The van der Waals surface area contributed by atoms with Crippen LogP contribution in [0.5, 0.6) is 0 Å².